The lowest BCUT2D eigenvalue weighted by atomic mass is 10.0. The highest BCUT2D eigenvalue weighted by atomic mass is 35.5. The number of hydrogen-bond donors (Lipinski definition) is 1. The van der Waals surface area contributed by atoms with Crippen molar-refractivity contribution in [3.8, 4) is 0 Å². The Morgan fingerprint density at radius 3 is 2.47 bits per heavy atom. The van der Waals surface area contributed by atoms with Gasteiger partial charge >= 0.3 is 0 Å². The number of benzene rings is 1. The van der Waals surface area contributed by atoms with Crippen LogP contribution in [0, 0.1) is 0 Å². The number of nitrogens with zero attached hydrogens (tertiary/aromatic N) is 1. The van der Waals surface area contributed by atoms with Crippen LogP contribution in [-0.2, 0) is 0 Å². The molecule has 2 nitrogen and oxygen atoms in total. The summed E-state index contributed by atoms with van der Waals surface area (Å²) >= 11 is 12.2. The first-order valence-corrected chi connectivity index (χ1v) is 6.26. The molecule has 0 bridgehead atoms. The van der Waals surface area contributed by atoms with Gasteiger partial charge in [0.25, 0.3) is 0 Å². The summed E-state index contributed by atoms with van der Waals surface area (Å²) in [5, 5.41) is 5.30. The normalized spacial score (nSPS) is 11.2. The van der Waals surface area contributed by atoms with E-state index < -0.39 is 0 Å². The first-order chi connectivity index (χ1) is 8.02. The Kier molecular flexibility index (Phi) is 3.45. The van der Waals surface area contributed by atoms with Gasteiger partial charge in [-0.1, -0.05) is 37.0 Å². The molecule has 0 amide bonds. The zero-order chi connectivity index (χ0) is 12.6. The molecule has 2 rings (SSSR count). The summed E-state index contributed by atoms with van der Waals surface area (Å²) in [4.78, 5) is 4.55. The molecule has 1 N–H and O–H groups in total. The molecule has 0 spiro atoms. The van der Waals surface area contributed by atoms with Gasteiger partial charge in [-0.25, -0.2) is 4.98 Å². The highest BCUT2D eigenvalue weighted by Crippen LogP contribution is 2.32. The number of pyridine rings is 1. The first kappa shape index (κ1) is 12.5. The molecule has 0 radical (unpaired) electrons. The van der Waals surface area contributed by atoms with E-state index in [0.29, 0.717) is 16.0 Å². The van der Waals surface area contributed by atoms with Crippen molar-refractivity contribution in [3.05, 3.63) is 33.8 Å². The third-order valence-electron chi connectivity index (χ3n) is 2.72. The van der Waals surface area contributed by atoms with Gasteiger partial charge in [0.1, 0.15) is 5.82 Å². The number of anilines is 1. The van der Waals surface area contributed by atoms with E-state index in [-0.39, 0.29) is 0 Å². The minimum Gasteiger partial charge on any atom is -0.373 e. The maximum atomic E-state index is 6.15. The minimum atomic E-state index is 0.395. The van der Waals surface area contributed by atoms with Crippen LogP contribution in [0.1, 0.15) is 25.3 Å². The molecule has 1 aromatic carbocycles. The Bertz CT molecular complexity index is 565. The molecule has 0 aliphatic heterocycles. The molecular weight excluding hydrogens is 255 g/mol. The van der Waals surface area contributed by atoms with Crippen molar-refractivity contribution in [2.75, 3.05) is 12.4 Å². The van der Waals surface area contributed by atoms with Gasteiger partial charge in [-0.05, 0) is 29.7 Å². The molecular formula is C13H14Cl2N2. The number of rotatable bonds is 2. The van der Waals surface area contributed by atoms with Gasteiger partial charge in [-0.2, -0.15) is 0 Å². The number of nitrogens with one attached hydrogen (secondary N) is 1. The quantitative estimate of drug-likeness (QED) is 0.854. The Morgan fingerprint density at radius 1 is 1.18 bits per heavy atom. The van der Waals surface area contributed by atoms with Crippen molar-refractivity contribution >= 4 is 39.9 Å². The lowest BCUT2D eigenvalue weighted by Crippen LogP contribution is -2.01. The van der Waals surface area contributed by atoms with Crippen LogP contribution < -0.4 is 5.32 Å². The fourth-order valence-corrected chi connectivity index (χ4v) is 2.42. The third kappa shape index (κ3) is 2.33. The van der Waals surface area contributed by atoms with Crippen LogP contribution in [0.4, 0.5) is 5.82 Å². The van der Waals surface area contributed by atoms with Crippen molar-refractivity contribution in [1.29, 1.82) is 0 Å². The highest BCUT2D eigenvalue weighted by molar-refractivity contribution is 6.38. The molecule has 0 aliphatic carbocycles. The van der Waals surface area contributed by atoms with Gasteiger partial charge in [0, 0.05) is 17.5 Å². The molecule has 4 heteroatoms. The smallest absolute Gasteiger partial charge is 0.129 e. The molecule has 0 atom stereocenters. The van der Waals surface area contributed by atoms with Gasteiger partial charge in [-0.15, -0.1) is 0 Å². The Balaban J connectivity index is 2.78. The van der Waals surface area contributed by atoms with Gasteiger partial charge in [0.05, 0.1) is 10.5 Å². The first-order valence-electron chi connectivity index (χ1n) is 5.50. The summed E-state index contributed by atoms with van der Waals surface area (Å²) in [7, 11) is 1.86. The lowest BCUT2D eigenvalue weighted by Gasteiger charge is -2.13. The van der Waals surface area contributed by atoms with E-state index in [1.807, 2.05) is 13.1 Å². The molecule has 17 heavy (non-hydrogen) atoms. The van der Waals surface area contributed by atoms with Gasteiger partial charge < -0.3 is 5.32 Å². The standard InChI is InChI=1S/C13H14Cl2N2/c1-7(2)10-5-8-4-9(14)6-11(15)12(8)17-13(10)16-3/h4-7H,1-3H3,(H,16,17). The molecule has 0 saturated heterocycles. The van der Waals surface area contributed by atoms with Gasteiger partial charge in [-0.3, -0.25) is 0 Å². The van der Waals surface area contributed by atoms with E-state index in [9.17, 15) is 0 Å². The summed E-state index contributed by atoms with van der Waals surface area (Å²) in [5.41, 5.74) is 1.95. The van der Waals surface area contributed by atoms with Crippen molar-refractivity contribution < 1.29 is 0 Å². The van der Waals surface area contributed by atoms with Crippen molar-refractivity contribution in [2.24, 2.45) is 0 Å². The van der Waals surface area contributed by atoms with E-state index in [0.717, 1.165) is 16.7 Å². The predicted octanol–water partition coefficient (Wildman–Crippen LogP) is 4.71. The van der Waals surface area contributed by atoms with Crippen LogP contribution in [0.5, 0.6) is 0 Å². The second kappa shape index (κ2) is 4.71. The Hall–Kier alpha value is -0.990. The fourth-order valence-electron chi connectivity index (χ4n) is 1.87. The molecule has 90 valence electrons. The summed E-state index contributed by atoms with van der Waals surface area (Å²) in [6.07, 6.45) is 0. The van der Waals surface area contributed by atoms with Crippen LogP contribution in [0.3, 0.4) is 0 Å². The molecule has 0 unspecified atom stereocenters. The van der Waals surface area contributed by atoms with Crippen molar-refractivity contribution in [2.45, 2.75) is 19.8 Å². The van der Waals surface area contributed by atoms with E-state index in [2.05, 4.69) is 30.2 Å². The summed E-state index contributed by atoms with van der Waals surface area (Å²) in [5.74, 6) is 1.27. The predicted molar refractivity (Wildman–Crippen MR) is 75.4 cm³/mol. The second-order valence-corrected chi connectivity index (χ2v) is 5.13. The molecule has 1 aromatic heterocycles. The maximum absolute atomic E-state index is 6.15. The maximum Gasteiger partial charge on any atom is 0.129 e. The molecule has 2 aromatic rings. The Morgan fingerprint density at radius 2 is 1.88 bits per heavy atom. The molecule has 1 heterocycles. The number of hydrogen-bond acceptors (Lipinski definition) is 2. The van der Waals surface area contributed by atoms with E-state index >= 15 is 0 Å². The lowest BCUT2D eigenvalue weighted by molar-refractivity contribution is 0.864. The topological polar surface area (TPSA) is 24.9 Å². The third-order valence-corrected chi connectivity index (χ3v) is 3.23. The van der Waals surface area contributed by atoms with Crippen LogP contribution in [0.2, 0.25) is 10.0 Å². The second-order valence-electron chi connectivity index (χ2n) is 4.29. The van der Waals surface area contributed by atoms with Crippen molar-refractivity contribution in [3.63, 3.8) is 0 Å². The minimum absolute atomic E-state index is 0.395. The molecule has 0 fully saturated rings. The van der Waals surface area contributed by atoms with E-state index in [1.165, 1.54) is 5.56 Å². The summed E-state index contributed by atoms with van der Waals surface area (Å²) in [6, 6.07) is 5.70. The molecule has 0 aliphatic rings. The average molecular weight is 269 g/mol. The Labute approximate surface area is 111 Å². The zero-order valence-electron chi connectivity index (χ0n) is 10.0. The van der Waals surface area contributed by atoms with Crippen LogP contribution in [-0.4, -0.2) is 12.0 Å². The SMILES string of the molecule is CNc1nc2c(Cl)cc(Cl)cc2cc1C(C)C. The highest BCUT2D eigenvalue weighted by Gasteiger charge is 2.11. The largest absolute Gasteiger partial charge is 0.373 e. The van der Waals surface area contributed by atoms with E-state index in [4.69, 9.17) is 23.2 Å². The van der Waals surface area contributed by atoms with Crippen LogP contribution >= 0.6 is 23.2 Å². The van der Waals surface area contributed by atoms with Crippen molar-refractivity contribution in [1.82, 2.24) is 4.98 Å². The van der Waals surface area contributed by atoms with Crippen LogP contribution in [0.25, 0.3) is 10.9 Å². The van der Waals surface area contributed by atoms with Gasteiger partial charge in [0.15, 0.2) is 0 Å². The van der Waals surface area contributed by atoms with Gasteiger partial charge in [0.2, 0.25) is 0 Å². The summed E-state index contributed by atoms with van der Waals surface area (Å²) < 4.78 is 0. The number of halogens is 2. The zero-order valence-corrected chi connectivity index (χ0v) is 11.5. The van der Waals surface area contributed by atoms with E-state index in [1.54, 1.807) is 6.07 Å². The average Bonchev–Trinajstić information content (AvgIpc) is 2.27. The fraction of sp³-hybridized carbons (Fsp3) is 0.308. The molecule has 0 saturated carbocycles. The van der Waals surface area contributed by atoms with Crippen LogP contribution in [0.15, 0.2) is 18.2 Å². The number of aromatic nitrogens is 1. The number of fused-ring (bicyclic) bond motifs is 1. The summed E-state index contributed by atoms with van der Waals surface area (Å²) in [6.45, 7) is 4.27. The monoisotopic (exact) mass is 268 g/mol.